The van der Waals surface area contributed by atoms with Gasteiger partial charge in [0, 0.05) is 26.2 Å². The van der Waals surface area contributed by atoms with Crippen LogP contribution in [-0.2, 0) is 21.4 Å². The van der Waals surface area contributed by atoms with E-state index in [1.807, 2.05) is 36.4 Å². The van der Waals surface area contributed by atoms with Crippen LogP contribution in [0.4, 0.5) is 0 Å². The van der Waals surface area contributed by atoms with E-state index in [1.165, 1.54) is 0 Å². The van der Waals surface area contributed by atoms with Gasteiger partial charge in [-0.25, -0.2) is 0 Å². The second kappa shape index (κ2) is 7.42. The van der Waals surface area contributed by atoms with E-state index in [4.69, 9.17) is 9.15 Å². The quantitative estimate of drug-likeness (QED) is 0.845. The SMILES string of the molecule is C[C@@](O)(CNC(=O)C1(c2ccccc2)CCOCC1)Cc1ccco1. The fraction of sp³-hybridized carbons (Fsp3) is 0.450. The molecule has 2 heterocycles. The van der Waals surface area contributed by atoms with Crippen LogP contribution in [-0.4, -0.2) is 36.4 Å². The number of furan rings is 1. The molecule has 1 fully saturated rings. The zero-order valence-electron chi connectivity index (χ0n) is 14.5. The molecule has 5 heteroatoms. The van der Waals surface area contributed by atoms with Gasteiger partial charge >= 0.3 is 0 Å². The van der Waals surface area contributed by atoms with Crippen molar-refractivity contribution in [2.24, 2.45) is 0 Å². The Bertz CT molecular complexity index is 673. The van der Waals surface area contributed by atoms with Crippen LogP contribution in [0, 0.1) is 0 Å². The molecule has 3 rings (SSSR count). The van der Waals surface area contributed by atoms with Gasteiger partial charge in [-0.15, -0.1) is 0 Å². The van der Waals surface area contributed by atoms with Crippen molar-refractivity contribution in [1.82, 2.24) is 5.32 Å². The van der Waals surface area contributed by atoms with Gasteiger partial charge in [0.25, 0.3) is 0 Å². The fourth-order valence-corrected chi connectivity index (χ4v) is 3.41. The first-order valence-corrected chi connectivity index (χ1v) is 8.68. The lowest BCUT2D eigenvalue weighted by Gasteiger charge is -2.37. The predicted octanol–water partition coefficient (Wildman–Crippen LogP) is 2.44. The summed E-state index contributed by atoms with van der Waals surface area (Å²) >= 11 is 0. The molecular formula is C20H25NO4. The van der Waals surface area contributed by atoms with Gasteiger partial charge in [0.2, 0.25) is 5.91 Å². The summed E-state index contributed by atoms with van der Waals surface area (Å²) in [4.78, 5) is 13.1. The Hall–Kier alpha value is -2.11. The van der Waals surface area contributed by atoms with Crippen molar-refractivity contribution in [2.45, 2.75) is 37.2 Å². The molecule has 1 saturated heterocycles. The fourth-order valence-electron chi connectivity index (χ4n) is 3.41. The number of hydrogen-bond acceptors (Lipinski definition) is 4. The summed E-state index contributed by atoms with van der Waals surface area (Å²) in [5.41, 5.74) is -0.668. The number of hydrogen-bond donors (Lipinski definition) is 2. The third-order valence-electron chi connectivity index (χ3n) is 4.87. The van der Waals surface area contributed by atoms with E-state index in [0.29, 0.717) is 38.2 Å². The minimum absolute atomic E-state index is 0.0540. The first kappa shape index (κ1) is 17.7. The lowest BCUT2D eigenvalue weighted by molar-refractivity contribution is -0.131. The van der Waals surface area contributed by atoms with Crippen molar-refractivity contribution in [1.29, 1.82) is 0 Å². The molecule has 2 N–H and O–H groups in total. The van der Waals surface area contributed by atoms with E-state index in [-0.39, 0.29) is 12.5 Å². The van der Waals surface area contributed by atoms with Crippen LogP contribution in [0.3, 0.4) is 0 Å². The highest BCUT2D eigenvalue weighted by Crippen LogP contribution is 2.35. The summed E-state index contributed by atoms with van der Waals surface area (Å²) < 4.78 is 10.8. The van der Waals surface area contributed by atoms with Crippen molar-refractivity contribution >= 4 is 5.91 Å². The Balaban J connectivity index is 1.71. The zero-order valence-corrected chi connectivity index (χ0v) is 14.5. The summed E-state index contributed by atoms with van der Waals surface area (Å²) in [7, 11) is 0. The molecule has 0 bridgehead atoms. The lowest BCUT2D eigenvalue weighted by Crippen LogP contribution is -2.52. The molecule has 134 valence electrons. The van der Waals surface area contributed by atoms with Crippen molar-refractivity contribution in [3.05, 3.63) is 60.1 Å². The highest BCUT2D eigenvalue weighted by atomic mass is 16.5. The monoisotopic (exact) mass is 343 g/mol. The lowest BCUT2D eigenvalue weighted by atomic mass is 9.73. The zero-order chi connectivity index (χ0) is 17.8. The van der Waals surface area contributed by atoms with Gasteiger partial charge in [0.1, 0.15) is 5.76 Å². The highest BCUT2D eigenvalue weighted by Gasteiger charge is 2.42. The minimum atomic E-state index is -1.07. The molecule has 0 unspecified atom stereocenters. The second-order valence-electron chi connectivity index (χ2n) is 7.00. The molecule has 0 aliphatic carbocycles. The standard InChI is InChI=1S/C20H25NO4/c1-19(23,14-17-8-5-11-25-17)15-21-18(22)20(9-12-24-13-10-20)16-6-3-2-4-7-16/h2-8,11,23H,9-10,12-15H2,1H3,(H,21,22)/t19-/m0/s1. The molecule has 1 aliphatic rings. The van der Waals surface area contributed by atoms with Gasteiger partial charge < -0.3 is 19.6 Å². The van der Waals surface area contributed by atoms with E-state index < -0.39 is 11.0 Å². The van der Waals surface area contributed by atoms with Crippen molar-refractivity contribution in [3.63, 3.8) is 0 Å². The number of carbonyl (C=O) groups excluding carboxylic acids is 1. The molecule has 0 radical (unpaired) electrons. The number of carbonyl (C=O) groups is 1. The molecular weight excluding hydrogens is 318 g/mol. The summed E-state index contributed by atoms with van der Waals surface area (Å²) in [6, 6.07) is 13.4. The summed E-state index contributed by atoms with van der Waals surface area (Å²) in [6.07, 6.45) is 3.21. The third kappa shape index (κ3) is 4.11. The number of rotatable bonds is 6. The maximum absolute atomic E-state index is 13.1. The van der Waals surface area contributed by atoms with E-state index in [1.54, 1.807) is 19.3 Å². The largest absolute Gasteiger partial charge is 0.469 e. The molecule has 25 heavy (non-hydrogen) atoms. The maximum Gasteiger partial charge on any atom is 0.230 e. The number of amides is 1. The Morgan fingerprint density at radius 3 is 2.56 bits per heavy atom. The predicted molar refractivity (Wildman–Crippen MR) is 94.2 cm³/mol. The van der Waals surface area contributed by atoms with E-state index in [9.17, 15) is 9.90 Å². The van der Waals surface area contributed by atoms with Crippen LogP contribution in [0.5, 0.6) is 0 Å². The molecule has 1 atom stereocenters. The molecule has 0 saturated carbocycles. The normalized spacial score (nSPS) is 19.1. The molecule has 2 aromatic rings. The van der Waals surface area contributed by atoms with Crippen LogP contribution < -0.4 is 5.32 Å². The number of aliphatic hydroxyl groups is 1. The smallest absolute Gasteiger partial charge is 0.230 e. The van der Waals surface area contributed by atoms with Gasteiger partial charge in [-0.05, 0) is 37.5 Å². The summed E-state index contributed by atoms with van der Waals surface area (Å²) in [5.74, 6) is 0.643. The number of nitrogens with one attached hydrogen (secondary N) is 1. The molecule has 1 aromatic carbocycles. The van der Waals surface area contributed by atoms with Gasteiger partial charge in [-0.1, -0.05) is 30.3 Å². The van der Waals surface area contributed by atoms with E-state index in [2.05, 4.69) is 5.32 Å². The summed E-state index contributed by atoms with van der Waals surface area (Å²) in [6.45, 7) is 2.99. The Labute approximate surface area is 148 Å². The van der Waals surface area contributed by atoms with Gasteiger partial charge in [0.15, 0.2) is 0 Å². The topological polar surface area (TPSA) is 71.7 Å². The number of ether oxygens (including phenoxy) is 1. The second-order valence-corrected chi connectivity index (χ2v) is 7.00. The Kier molecular flexibility index (Phi) is 5.25. The molecule has 1 aromatic heterocycles. The average Bonchev–Trinajstić information content (AvgIpc) is 3.13. The molecule has 1 aliphatic heterocycles. The highest BCUT2D eigenvalue weighted by molar-refractivity contribution is 5.88. The van der Waals surface area contributed by atoms with Crippen molar-refractivity contribution < 1.29 is 19.1 Å². The van der Waals surface area contributed by atoms with Crippen LogP contribution in [0.15, 0.2) is 53.1 Å². The Morgan fingerprint density at radius 2 is 1.92 bits per heavy atom. The molecule has 5 nitrogen and oxygen atoms in total. The molecule has 0 spiro atoms. The third-order valence-corrected chi connectivity index (χ3v) is 4.87. The van der Waals surface area contributed by atoms with Gasteiger partial charge in [-0.2, -0.15) is 0 Å². The maximum atomic E-state index is 13.1. The number of benzene rings is 1. The van der Waals surface area contributed by atoms with Crippen molar-refractivity contribution in [3.8, 4) is 0 Å². The first-order valence-electron chi connectivity index (χ1n) is 8.68. The minimum Gasteiger partial charge on any atom is -0.469 e. The summed E-state index contributed by atoms with van der Waals surface area (Å²) in [5, 5.41) is 13.5. The van der Waals surface area contributed by atoms with Crippen LogP contribution in [0.2, 0.25) is 0 Å². The van der Waals surface area contributed by atoms with Crippen molar-refractivity contribution in [2.75, 3.05) is 19.8 Å². The van der Waals surface area contributed by atoms with Gasteiger partial charge in [-0.3, -0.25) is 4.79 Å². The van der Waals surface area contributed by atoms with E-state index >= 15 is 0 Å². The van der Waals surface area contributed by atoms with E-state index in [0.717, 1.165) is 5.56 Å². The first-order chi connectivity index (χ1) is 12.0. The van der Waals surface area contributed by atoms with Gasteiger partial charge in [0.05, 0.1) is 17.3 Å². The average molecular weight is 343 g/mol. The van der Waals surface area contributed by atoms with Crippen LogP contribution in [0.25, 0.3) is 0 Å². The molecule has 1 amide bonds. The van der Waals surface area contributed by atoms with Crippen LogP contribution >= 0.6 is 0 Å². The van der Waals surface area contributed by atoms with Crippen LogP contribution in [0.1, 0.15) is 31.1 Å². The Morgan fingerprint density at radius 1 is 1.20 bits per heavy atom.